The van der Waals surface area contributed by atoms with Gasteiger partial charge in [-0.25, -0.2) is 13.2 Å². The van der Waals surface area contributed by atoms with Crippen LogP contribution in [-0.2, 0) is 21.0 Å². The Hall–Kier alpha value is -2.71. The summed E-state index contributed by atoms with van der Waals surface area (Å²) in [6.07, 6.45) is 0.864. The molecule has 0 radical (unpaired) electrons. The maximum Gasteiger partial charge on any atom is 0.339 e. The standard InChI is InChI=1S/C24H26N2O5S/c27-23(26-11-9-25(10-12-26)20-8-13-32(29,30)16-20)18-6-7-21-19(14-18)15-22(31-24(21)28)17-4-2-1-3-5-17/h1-7,14,20,22H,8-13,15-16H2/t20-,22-/m0/s1. The van der Waals surface area contributed by atoms with Gasteiger partial charge in [-0.1, -0.05) is 30.3 Å². The highest BCUT2D eigenvalue weighted by Gasteiger charge is 2.35. The Morgan fingerprint density at radius 3 is 2.44 bits per heavy atom. The molecule has 0 N–H and O–H groups in total. The number of amides is 1. The lowest BCUT2D eigenvalue weighted by Crippen LogP contribution is -2.52. The number of ether oxygens (including phenoxy) is 1. The number of fused-ring (bicyclic) bond motifs is 1. The third kappa shape index (κ3) is 4.17. The van der Waals surface area contributed by atoms with Crippen molar-refractivity contribution in [2.75, 3.05) is 37.7 Å². The molecule has 2 atom stereocenters. The molecule has 0 saturated carbocycles. The van der Waals surface area contributed by atoms with Crippen molar-refractivity contribution in [3.8, 4) is 0 Å². The summed E-state index contributed by atoms with van der Waals surface area (Å²) in [6, 6.07) is 14.9. The van der Waals surface area contributed by atoms with Gasteiger partial charge in [-0.2, -0.15) is 0 Å². The minimum absolute atomic E-state index is 0.0540. The average molecular weight is 455 g/mol. The van der Waals surface area contributed by atoms with Crippen LogP contribution in [-0.4, -0.2) is 73.8 Å². The van der Waals surface area contributed by atoms with Crippen molar-refractivity contribution in [2.24, 2.45) is 0 Å². The van der Waals surface area contributed by atoms with E-state index in [2.05, 4.69) is 4.90 Å². The van der Waals surface area contributed by atoms with Gasteiger partial charge in [0.1, 0.15) is 6.10 Å². The number of rotatable bonds is 3. The van der Waals surface area contributed by atoms with Gasteiger partial charge < -0.3 is 9.64 Å². The number of esters is 1. The molecule has 8 heteroatoms. The zero-order valence-electron chi connectivity index (χ0n) is 17.8. The summed E-state index contributed by atoms with van der Waals surface area (Å²) in [7, 11) is -2.92. The molecule has 168 valence electrons. The topological polar surface area (TPSA) is 84.0 Å². The van der Waals surface area contributed by atoms with Gasteiger partial charge in [0.15, 0.2) is 9.84 Å². The van der Waals surface area contributed by atoms with Crippen LogP contribution < -0.4 is 0 Å². The van der Waals surface area contributed by atoms with Gasteiger partial charge in [0.25, 0.3) is 5.91 Å². The quantitative estimate of drug-likeness (QED) is 0.661. The molecule has 0 spiro atoms. The van der Waals surface area contributed by atoms with E-state index in [9.17, 15) is 18.0 Å². The molecule has 1 amide bonds. The highest BCUT2D eigenvalue weighted by Crippen LogP contribution is 2.31. The normalized spacial score (nSPS) is 25.2. The third-order valence-corrected chi connectivity index (χ3v) is 8.47. The lowest BCUT2D eigenvalue weighted by Gasteiger charge is -2.37. The molecule has 7 nitrogen and oxygen atoms in total. The Bertz CT molecular complexity index is 1140. The number of sulfone groups is 1. The number of piperazine rings is 1. The highest BCUT2D eigenvalue weighted by molar-refractivity contribution is 7.91. The molecule has 0 unspecified atom stereocenters. The van der Waals surface area contributed by atoms with E-state index < -0.39 is 9.84 Å². The Balaban J connectivity index is 1.27. The van der Waals surface area contributed by atoms with Gasteiger partial charge in [0.2, 0.25) is 0 Å². The summed E-state index contributed by atoms with van der Waals surface area (Å²) in [5.41, 5.74) is 2.85. The van der Waals surface area contributed by atoms with Crippen molar-refractivity contribution in [3.63, 3.8) is 0 Å². The molecular weight excluding hydrogens is 428 g/mol. The number of carbonyl (C=O) groups is 2. The summed E-state index contributed by atoms with van der Waals surface area (Å²) in [4.78, 5) is 29.7. The second-order valence-corrected chi connectivity index (χ2v) is 11.0. The molecule has 2 saturated heterocycles. The second-order valence-electron chi connectivity index (χ2n) is 8.77. The first-order valence-corrected chi connectivity index (χ1v) is 12.8. The molecule has 0 bridgehead atoms. The predicted octanol–water partition coefficient (Wildman–Crippen LogP) is 2.09. The number of carbonyl (C=O) groups excluding carboxylic acids is 2. The predicted molar refractivity (Wildman–Crippen MR) is 119 cm³/mol. The van der Waals surface area contributed by atoms with E-state index in [0.29, 0.717) is 50.1 Å². The Morgan fingerprint density at radius 2 is 1.75 bits per heavy atom. The van der Waals surface area contributed by atoms with Crippen molar-refractivity contribution in [1.29, 1.82) is 0 Å². The monoisotopic (exact) mass is 454 g/mol. The van der Waals surface area contributed by atoms with Gasteiger partial charge in [-0.05, 0) is 35.7 Å². The molecule has 2 fully saturated rings. The molecule has 2 aromatic rings. The molecule has 5 rings (SSSR count). The lowest BCUT2D eigenvalue weighted by atomic mass is 9.93. The van der Waals surface area contributed by atoms with E-state index in [-0.39, 0.29) is 35.5 Å². The van der Waals surface area contributed by atoms with E-state index in [1.54, 1.807) is 12.1 Å². The summed E-state index contributed by atoms with van der Waals surface area (Å²) in [5, 5.41) is 0. The molecule has 2 aromatic carbocycles. The van der Waals surface area contributed by atoms with Crippen LogP contribution >= 0.6 is 0 Å². The van der Waals surface area contributed by atoms with Crippen LogP contribution in [0.5, 0.6) is 0 Å². The van der Waals surface area contributed by atoms with E-state index in [0.717, 1.165) is 11.1 Å². The fraction of sp³-hybridized carbons (Fsp3) is 0.417. The molecular formula is C24H26N2O5S. The molecule has 32 heavy (non-hydrogen) atoms. The Kier molecular flexibility index (Phi) is 5.51. The minimum Gasteiger partial charge on any atom is -0.454 e. The maximum absolute atomic E-state index is 13.1. The number of hydrogen-bond acceptors (Lipinski definition) is 6. The minimum atomic E-state index is -2.92. The molecule has 3 aliphatic rings. The molecule has 0 aliphatic carbocycles. The van der Waals surface area contributed by atoms with Crippen LogP contribution in [0.1, 0.15) is 44.4 Å². The van der Waals surface area contributed by atoms with Crippen LogP contribution in [0.4, 0.5) is 0 Å². The first kappa shape index (κ1) is 21.2. The van der Waals surface area contributed by atoms with Crippen LogP contribution in [0.3, 0.4) is 0 Å². The number of benzene rings is 2. The first-order chi connectivity index (χ1) is 15.4. The van der Waals surface area contributed by atoms with Crippen LogP contribution in [0.25, 0.3) is 0 Å². The third-order valence-electron chi connectivity index (χ3n) is 6.72. The van der Waals surface area contributed by atoms with Crippen LogP contribution in [0.2, 0.25) is 0 Å². The highest BCUT2D eigenvalue weighted by atomic mass is 32.2. The number of hydrogen-bond donors (Lipinski definition) is 0. The smallest absolute Gasteiger partial charge is 0.339 e. The Labute approximate surface area is 187 Å². The summed E-state index contributed by atoms with van der Waals surface area (Å²) in [5.74, 6) is 0.0731. The maximum atomic E-state index is 13.1. The zero-order valence-corrected chi connectivity index (χ0v) is 18.6. The van der Waals surface area contributed by atoms with Crippen molar-refractivity contribution in [2.45, 2.75) is 25.0 Å². The van der Waals surface area contributed by atoms with E-state index in [1.807, 2.05) is 41.3 Å². The molecule has 0 aromatic heterocycles. The van der Waals surface area contributed by atoms with E-state index >= 15 is 0 Å². The fourth-order valence-electron chi connectivity index (χ4n) is 4.92. The van der Waals surface area contributed by atoms with Crippen molar-refractivity contribution >= 4 is 21.7 Å². The summed E-state index contributed by atoms with van der Waals surface area (Å²) in [6.45, 7) is 2.50. The number of nitrogens with zero attached hydrogens (tertiary/aromatic N) is 2. The van der Waals surface area contributed by atoms with Gasteiger partial charge >= 0.3 is 5.97 Å². The van der Waals surface area contributed by atoms with Crippen molar-refractivity contribution < 1.29 is 22.7 Å². The van der Waals surface area contributed by atoms with Crippen molar-refractivity contribution in [3.05, 3.63) is 70.8 Å². The molecule has 3 aliphatic heterocycles. The van der Waals surface area contributed by atoms with Gasteiger partial charge in [-0.15, -0.1) is 0 Å². The lowest BCUT2D eigenvalue weighted by molar-refractivity contribution is 0.0252. The number of cyclic esters (lactones) is 1. The SMILES string of the molecule is O=C1O[C@H](c2ccccc2)Cc2cc(C(=O)N3CCN([C@H]4CCS(=O)(=O)C4)CC3)ccc21. The largest absolute Gasteiger partial charge is 0.454 e. The first-order valence-electron chi connectivity index (χ1n) is 11.0. The van der Waals surface area contributed by atoms with Crippen LogP contribution in [0.15, 0.2) is 48.5 Å². The van der Waals surface area contributed by atoms with Crippen LogP contribution in [0, 0.1) is 0 Å². The summed E-state index contributed by atoms with van der Waals surface area (Å²) >= 11 is 0. The Morgan fingerprint density at radius 1 is 1.00 bits per heavy atom. The van der Waals surface area contributed by atoms with E-state index in [1.165, 1.54) is 0 Å². The van der Waals surface area contributed by atoms with Gasteiger partial charge in [-0.3, -0.25) is 9.69 Å². The summed E-state index contributed by atoms with van der Waals surface area (Å²) < 4.78 is 29.2. The molecule has 3 heterocycles. The fourth-order valence-corrected chi connectivity index (χ4v) is 6.68. The second kappa shape index (κ2) is 8.33. The average Bonchev–Trinajstić information content (AvgIpc) is 3.18. The van der Waals surface area contributed by atoms with Gasteiger partial charge in [0, 0.05) is 44.2 Å². The van der Waals surface area contributed by atoms with Gasteiger partial charge in [0.05, 0.1) is 17.1 Å². The zero-order chi connectivity index (χ0) is 22.3. The van der Waals surface area contributed by atoms with Crippen molar-refractivity contribution in [1.82, 2.24) is 9.80 Å². The van der Waals surface area contributed by atoms with E-state index in [4.69, 9.17) is 4.74 Å².